The SMILES string of the molecule is CCCCCCCCCCC1(CCCCCCCCCC)c2cc(C)ccc2-c2ccc(-c3c4ccccc4c(-c4ccc5c(c4)C(CCCCCCCCCC)(CCCCCCCCCC)c4cc(-c6ccc(-c7sc(-c8ccc(C)s8)c8c7C(=O)N(CC(CC)CCCC)C8=O)s6)ccc4-5)c4c(OC)ccc(CO)c34)cc21. The maximum absolute atomic E-state index is 15.0. The number of hydrogen-bond acceptors (Lipinski definition) is 7. The summed E-state index contributed by atoms with van der Waals surface area (Å²) in [4.78, 5) is 37.8. The van der Waals surface area contributed by atoms with E-state index in [0.717, 1.165) is 106 Å². The first-order valence-corrected chi connectivity index (χ1v) is 48.3. The number of hydrogen-bond donors (Lipinski definition) is 1. The molecule has 114 heavy (non-hydrogen) atoms. The van der Waals surface area contributed by atoms with Crippen LogP contribution in [0.4, 0.5) is 0 Å². The van der Waals surface area contributed by atoms with E-state index in [2.05, 4.69) is 189 Å². The third kappa shape index (κ3) is 18.3. The highest BCUT2D eigenvalue weighted by Gasteiger charge is 2.47. The number of imide groups is 1. The number of carbonyl (C=O) groups is 2. The number of carbonyl (C=O) groups excluding carboxylic acids is 2. The van der Waals surface area contributed by atoms with Gasteiger partial charge in [-0.25, -0.2) is 0 Å². The highest BCUT2D eigenvalue weighted by Crippen LogP contribution is 2.60. The maximum atomic E-state index is 15.0. The van der Waals surface area contributed by atoms with Gasteiger partial charge in [0.15, 0.2) is 0 Å². The van der Waals surface area contributed by atoms with Crippen molar-refractivity contribution >= 4 is 67.4 Å². The van der Waals surface area contributed by atoms with Crippen LogP contribution in [0.2, 0.25) is 0 Å². The molecule has 1 atom stereocenters. The van der Waals surface area contributed by atoms with Crippen LogP contribution in [0.5, 0.6) is 5.75 Å². The van der Waals surface area contributed by atoms with E-state index >= 15 is 4.79 Å². The molecule has 13 rings (SSSR count). The second-order valence-corrected chi connectivity index (χ2v) is 38.1. The van der Waals surface area contributed by atoms with Gasteiger partial charge in [0.25, 0.3) is 11.8 Å². The lowest BCUT2D eigenvalue weighted by Crippen LogP contribution is -2.34. The van der Waals surface area contributed by atoms with Crippen LogP contribution >= 0.6 is 34.0 Å². The molecule has 0 spiro atoms. The number of rotatable bonds is 49. The normalized spacial score (nSPS) is 14.1. The Hall–Kier alpha value is -6.94. The molecule has 2 aliphatic carbocycles. The Morgan fingerprint density at radius 2 is 0.781 bits per heavy atom. The zero-order valence-corrected chi connectivity index (χ0v) is 73.8. The number of nitrogens with zero attached hydrogens (tertiary/aromatic N) is 1. The van der Waals surface area contributed by atoms with Crippen LogP contribution < -0.4 is 4.74 Å². The maximum Gasteiger partial charge on any atom is 0.263 e. The third-order valence-electron chi connectivity index (χ3n) is 26.8. The fourth-order valence-electron chi connectivity index (χ4n) is 20.5. The molecule has 10 aromatic rings. The summed E-state index contributed by atoms with van der Waals surface area (Å²) in [5.74, 6) is 0.836. The predicted molar refractivity (Wildman–Crippen MR) is 494 cm³/mol. The molecule has 1 aliphatic heterocycles. The lowest BCUT2D eigenvalue weighted by molar-refractivity contribution is 0.0624. The van der Waals surface area contributed by atoms with Gasteiger partial charge in [-0.3, -0.25) is 14.5 Å². The average Bonchev–Trinajstić information content (AvgIpc) is 1.46. The summed E-state index contributed by atoms with van der Waals surface area (Å²) in [6, 6.07) is 52.3. The monoisotopic (exact) mass is 1580 g/mol. The Labute approximate surface area is 699 Å². The summed E-state index contributed by atoms with van der Waals surface area (Å²) >= 11 is 5.12. The van der Waals surface area contributed by atoms with Crippen molar-refractivity contribution in [2.75, 3.05) is 13.7 Å². The molecule has 0 saturated carbocycles. The average molecular weight is 1580 g/mol. The van der Waals surface area contributed by atoms with Crippen molar-refractivity contribution < 1.29 is 19.4 Å². The number of ether oxygens (including phenoxy) is 1. The first-order valence-electron chi connectivity index (χ1n) is 45.8. The molecule has 0 saturated heterocycles. The molecule has 2 amide bonds. The van der Waals surface area contributed by atoms with Gasteiger partial charge in [0.1, 0.15) is 5.75 Å². The predicted octanol–water partition coefficient (Wildman–Crippen LogP) is 33.1. The molecular weight excluding hydrogens is 1450 g/mol. The van der Waals surface area contributed by atoms with E-state index in [0.29, 0.717) is 17.7 Å². The lowest BCUT2D eigenvalue weighted by atomic mass is 9.69. The van der Waals surface area contributed by atoms with E-state index in [1.807, 2.05) is 7.11 Å². The van der Waals surface area contributed by atoms with Crippen LogP contribution in [0.1, 0.15) is 357 Å². The molecule has 1 N–H and O–H groups in total. The quantitative estimate of drug-likeness (QED) is 0.0234. The van der Waals surface area contributed by atoms with Crippen molar-refractivity contribution in [1.29, 1.82) is 0 Å². The van der Waals surface area contributed by atoms with Crippen molar-refractivity contribution in [2.45, 2.75) is 330 Å². The molecule has 0 bridgehead atoms. The number of aliphatic hydroxyl groups is 1. The largest absolute Gasteiger partial charge is 0.496 e. The number of fused-ring (bicyclic) bond motifs is 9. The van der Waals surface area contributed by atoms with Gasteiger partial charge in [-0.2, -0.15) is 0 Å². The van der Waals surface area contributed by atoms with Crippen LogP contribution in [0.25, 0.3) is 96.0 Å². The molecule has 8 heteroatoms. The number of amides is 2. The van der Waals surface area contributed by atoms with E-state index in [1.54, 1.807) is 44.5 Å². The molecule has 606 valence electrons. The standard InChI is InChI=1S/C106H135NO4S3/c1-10-16-21-25-29-33-37-43-64-105(65-44-38-34-30-26-22-17-11-2)87-68-74(7)50-56-81(87)83-58-53-78(70-89(83)105)95-85-48-41-42-49-86(85)96(98-91(111-9)60-55-80(73-108)97(95)98)79-54-59-84-82-57-52-77(69-88(82)106(90(84)71-79,66-45-39-35-31-27-23-18-12-3)67-46-40-36-32-28-24-19-13-4)92-62-63-94(113-92)102-100-99(101(114-102)93-61-51-75(8)112-93)103(109)107(104(100)110)72-76(15-6)47-20-14-5/h41-42,48-63,68-71,76,108H,10-40,43-47,64-67,72-73H2,1-9H3. The Morgan fingerprint density at radius 1 is 0.386 bits per heavy atom. The Balaban J connectivity index is 0.941. The Bertz CT molecular complexity index is 4820. The van der Waals surface area contributed by atoms with Crippen LogP contribution in [0, 0.1) is 19.8 Å². The van der Waals surface area contributed by atoms with Crippen LogP contribution in [-0.4, -0.2) is 35.5 Å². The minimum Gasteiger partial charge on any atom is -0.496 e. The van der Waals surface area contributed by atoms with Crippen molar-refractivity contribution in [2.24, 2.45) is 5.92 Å². The van der Waals surface area contributed by atoms with Crippen LogP contribution in [0.15, 0.2) is 133 Å². The molecule has 0 radical (unpaired) electrons. The second kappa shape index (κ2) is 41.0. The molecule has 3 aliphatic rings. The van der Waals surface area contributed by atoms with Gasteiger partial charge < -0.3 is 9.84 Å². The van der Waals surface area contributed by atoms with Crippen molar-refractivity contribution in [1.82, 2.24) is 4.90 Å². The first kappa shape index (κ1) is 85.0. The van der Waals surface area contributed by atoms with E-state index in [1.165, 1.54) is 285 Å². The summed E-state index contributed by atoms with van der Waals surface area (Å²) in [5, 5.41) is 16.5. The van der Waals surface area contributed by atoms with Gasteiger partial charge >= 0.3 is 0 Å². The summed E-state index contributed by atoms with van der Waals surface area (Å²) in [6.45, 7) is 18.5. The van der Waals surface area contributed by atoms with Gasteiger partial charge in [0, 0.05) is 47.8 Å². The van der Waals surface area contributed by atoms with E-state index in [4.69, 9.17) is 4.74 Å². The fourth-order valence-corrected chi connectivity index (χ4v) is 23.8. The van der Waals surface area contributed by atoms with Crippen molar-refractivity contribution in [3.05, 3.63) is 183 Å². The van der Waals surface area contributed by atoms with Crippen LogP contribution in [-0.2, 0) is 17.4 Å². The molecule has 7 aromatic carbocycles. The summed E-state index contributed by atoms with van der Waals surface area (Å²) in [7, 11) is 1.85. The van der Waals surface area contributed by atoms with Gasteiger partial charge in [-0.1, -0.05) is 357 Å². The fraction of sp³-hybridized carbons (Fsp3) is 0.509. The molecule has 4 heterocycles. The van der Waals surface area contributed by atoms with Gasteiger partial charge in [0.05, 0.1) is 34.6 Å². The number of aryl methyl sites for hydroxylation is 2. The van der Waals surface area contributed by atoms with E-state index in [-0.39, 0.29) is 35.2 Å². The summed E-state index contributed by atoms with van der Waals surface area (Å²) in [5.41, 5.74) is 20.5. The number of unbranched alkanes of at least 4 members (excludes halogenated alkanes) is 29. The first-order chi connectivity index (χ1) is 55.9. The van der Waals surface area contributed by atoms with Crippen molar-refractivity contribution in [3.8, 4) is 80.2 Å². The molecule has 5 nitrogen and oxygen atoms in total. The third-order valence-corrected chi connectivity index (χ3v) is 30.5. The molecule has 1 unspecified atom stereocenters. The second-order valence-electron chi connectivity index (χ2n) is 34.7. The zero-order valence-electron chi connectivity index (χ0n) is 71.3. The molecule has 3 aromatic heterocycles. The minimum absolute atomic E-state index is 0.101. The molecule has 0 fully saturated rings. The van der Waals surface area contributed by atoms with Crippen molar-refractivity contribution in [3.63, 3.8) is 0 Å². The molecular formula is C106H135NO4S3. The number of methoxy groups -OCH3 is 1. The highest BCUT2D eigenvalue weighted by molar-refractivity contribution is 7.28. The zero-order chi connectivity index (χ0) is 79.6. The minimum atomic E-state index is -0.268. The number of thiophene rings is 3. The van der Waals surface area contributed by atoms with Gasteiger partial charge in [-0.15, -0.1) is 34.0 Å². The Kier molecular flexibility index (Phi) is 30.5. The smallest absolute Gasteiger partial charge is 0.263 e. The van der Waals surface area contributed by atoms with E-state index in [9.17, 15) is 9.90 Å². The van der Waals surface area contributed by atoms with Crippen LogP contribution in [0.3, 0.4) is 0 Å². The highest BCUT2D eigenvalue weighted by atomic mass is 32.1. The van der Waals surface area contributed by atoms with Gasteiger partial charge in [0.2, 0.25) is 0 Å². The number of benzene rings is 7. The van der Waals surface area contributed by atoms with Gasteiger partial charge in [-0.05, 0) is 189 Å². The topological polar surface area (TPSA) is 66.8 Å². The summed E-state index contributed by atoms with van der Waals surface area (Å²) in [6.07, 6.45) is 49.7. The summed E-state index contributed by atoms with van der Waals surface area (Å²) < 4.78 is 6.73. The Morgan fingerprint density at radius 3 is 1.21 bits per heavy atom. The lowest BCUT2D eigenvalue weighted by Gasteiger charge is -2.34. The number of aliphatic hydroxyl groups excluding tert-OH is 1. The van der Waals surface area contributed by atoms with E-state index < -0.39 is 0 Å².